The highest BCUT2D eigenvalue weighted by Gasteiger charge is 2.57. The van der Waals surface area contributed by atoms with Crippen molar-refractivity contribution in [3.8, 4) is 0 Å². The molecule has 4 aliphatic rings. The van der Waals surface area contributed by atoms with E-state index in [0.717, 1.165) is 12.0 Å². The van der Waals surface area contributed by atoms with Crippen molar-refractivity contribution in [2.24, 2.45) is 9.98 Å². The number of aliphatic imine (C=N–C) groups is 2. The second-order valence-electron chi connectivity index (χ2n) is 10.7. The summed E-state index contributed by atoms with van der Waals surface area (Å²) in [6, 6.07) is 18.4. The third-order valence-corrected chi connectivity index (χ3v) is 7.71. The van der Waals surface area contributed by atoms with Crippen LogP contribution in [0.2, 0.25) is 0 Å². The summed E-state index contributed by atoms with van der Waals surface area (Å²) in [4.78, 5) is 39.6. The summed E-state index contributed by atoms with van der Waals surface area (Å²) in [6.45, 7) is 5.51. The van der Waals surface area contributed by atoms with E-state index in [1.807, 2.05) is 66.3 Å². The third-order valence-electron chi connectivity index (χ3n) is 7.71. The van der Waals surface area contributed by atoms with Gasteiger partial charge in [0.2, 0.25) is 5.84 Å². The van der Waals surface area contributed by atoms with Gasteiger partial charge in [0.1, 0.15) is 5.54 Å². The Hall–Kier alpha value is -3.28. The maximum Gasteiger partial charge on any atom is 0.291 e. The van der Waals surface area contributed by atoms with E-state index in [1.165, 1.54) is 24.0 Å². The molecule has 2 atom stereocenters. The highest BCUT2D eigenvalue weighted by Crippen LogP contribution is 2.54. The second-order valence-corrected chi connectivity index (χ2v) is 10.7. The Balaban J connectivity index is 1.14. The maximum absolute atomic E-state index is 13.4. The molecule has 6 rings (SSSR count). The smallest absolute Gasteiger partial charge is 0.291 e. The Kier molecular flexibility index (Phi) is 4.77. The van der Waals surface area contributed by atoms with Crippen LogP contribution in [-0.2, 0) is 4.79 Å². The topological polar surface area (TPSA) is 65.3 Å². The molecule has 6 nitrogen and oxygen atoms in total. The first-order valence-electron chi connectivity index (χ1n) is 12.3. The average molecular weight is 455 g/mol. The Bertz CT molecular complexity index is 1210. The molecule has 0 bridgehead atoms. The standard InChI is InChI=1S/C28H30N4O2/c1-27(2)18-31(25(33)22-10-6-9-21(15-22)19-11-12-19)13-14-32(27)26(34)24-29-17-28(30-24)16-23(28)20-7-4-3-5-8-20/h3-10,15,17,19,23H,11-14,16,18H2,1-2H3. The molecule has 1 spiro atoms. The molecule has 2 amide bonds. The van der Waals surface area contributed by atoms with E-state index in [1.54, 1.807) is 0 Å². The number of amides is 2. The zero-order valence-corrected chi connectivity index (χ0v) is 19.8. The molecule has 174 valence electrons. The van der Waals surface area contributed by atoms with Gasteiger partial charge in [0.25, 0.3) is 11.8 Å². The summed E-state index contributed by atoms with van der Waals surface area (Å²) in [5.41, 5.74) is 2.38. The lowest BCUT2D eigenvalue weighted by molar-refractivity contribution is -0.132. The predicted molar refractivity (Wildman–Crippen MR) is 133 cm³/mol. The number of rotatable bonds is 4. The quantitative estimate of drug-likeness (QED) is 0.700. The van der Waals surface area contributed by atoms with Crippen molar-refractivity contribution in [3.05, 3.63) is 71.3 Å². The summed E-state index contributed by atoms with van der Waals surface area (Å²) in [7, 11) is 0. The van der Waals surface area contributed by atoms with Crippen LogP contribution in [0.4, 0.5) is 0 Å². The Morgan fingerprint density at radius 2 is 1.71 bits per heavy atom. The normalized spacial score (nSPS) is 27.1. The first-order valence-corrected chi connectivity index (χ1v) is 12.3. The highest BCUT2D eigenvalue weighted by molar-refractivity contribution is 6.41. The van der Waals surface area contributed by atoms with Gasteiger partial charge >= 0.3 is 0 Å². The van der Waals surface area contributed by atoms with Crippen LogP contribution in [0.15, 0.2) is 64.6 Å². The summed E-state index contributed by atoms with van der Waals surface area (Å²) in [5.74, 6) is 1.10. The fourth-order valence-electron chi connectivity index (χ4n) is 5.51. The van der Waals surface area contributed by atoms with Crippen LogP contribution in [-0.4, -0.2) is 64.4 Å². The number of benzene rings is 2. The van der Waals surface area contributed by atoms with Crippen LogP contribution in [0.25, 0.3) is 0 Å². The van der Waals surface area contributed by atoms with Crippen LogP contribution in [0.5, 0.6) is 0 Å². The van der Waals surface area contributed by atoms with Crippen molar-refractivity contribution in [1.29, 1.82) is 0 Å². The molecular weight excluding hydrogens is 424 g/mol. The molecule has 2 aromatic carbocycles. The summed E-state index contributed by atoms with van der Waals surface area (Å²) in [5, 5.41) is 0. The van der Waals surface area contributed by atoms with Crippen molar-refractivity contribution in [1.82, 2.24) is 9.80 Å². The van der Waals surface area contributed by atoms with Crippen LogP contribution in [0.1, 0.15) is 66.4 Å². The Morgan fingerprint density at radius 3 is 2.44 bits per heavy atom. The fourth-order valence-corrected chi connectivity index (χ4v) is 5.51. The minimum absolute atomic E-state index is 0.0431. The molecule has 0 aromatic heterocycles. The van der Waals surface area contributed by atoms with E-state index in [4.69, 9.17) is 4.99 Å². The minimum atomic E-state index is -0.505. The largest absolute Gasteiger partial charge is 0.335 e. The molecule has 2 saturated carbocycles. The van der Waals surface area contributed by atoms with Crippen molar-refractivity contribution < 1.29 is 9.59 Å². The number of piperazine rings is 1. The van der Waals surface area contributed by atoms with Crippen molar-refractivity contribution in [3.63, 3.8) is 0 Å². The number of nitrogens with zero attached hydrogens (tertiary/aromatic N) is 4. The Labute approximate surface area is 200 Å². The third kappa shape index (κ3) is 3.65. The molecule has 2 aromatic rings. The van der Waals surface area contributed by atoms with Gasteiger partial charge in [-0.25, -0.2) is 9.98 Å². The van der Waals surface area contributed by atoms with Gasteiger partial charge in [-0.3, -0.25) is 9.59 Å². The molecule has 2 unspecified atom stereocenters. The van der Waals surface area contributed by atoms with Crippen molar-refractivity contribution in [2.45, 2.75) is 56.0 Å². The zero-order chi connectivity index (χ0) is 23.5. The van der Waals surface area contributed by atoms with Gasteiger partial charge in [-0.15, -0.1) is 0 Å². The maximum atomic E-state index is 13.4. The van der Waals surface area contributed by atoms with Crippen molar-refractivity contribution in [2.75, 3.05) is 19.6 Å². The van der Waals surface area contributed by atoms with E-state index in [-0.39, 0.29) is 23.3 Å². The summed E-state index contributed by atoms with van der Waals surface area (Å²) in [6.07, 6.45) is 5.18. The molecular formula is C28H30N4O2. The summed E-state index contributed by atoms with van der Waals surface area (Å²) < 4.78 is 0. The van der Waals surface area contributed by atoms with E-state index < -0.39 is 5.54 Å². The fraction of sp³-hybridized carbons (Fsp3) is 0.429. The summed E-state index contributed by atoms with van der Waals surface area (Å²) >= 11 is 0. The lowest BCUT2D eigenvalue weighted by Gasteiger charge is -2.46. The molecule has 1 saturated heterocycles. The van der Waals surface area contributed by atoms with E-state index >= 15 is 0 Å². The van der Waals surface area contributed by atoms with Crippen LogP contribution in [0, 0.1) is 0 Å². The van der Waals surface area contributed by atoms with Gasteiger partial charge in [0.05, 0.1) is 5.54 Å². The number of hydrogen-bond acceptors (Lipinski definition) is 4. The number of hydrogen-bond donors (Lipinski definition) is 0. The lowest BCUT2D eigenvalue weighted by Crippen LogP contribution is -2.63. The molecule has 0 radical (unpaired) electrons. The van der Waals surface area contributed by atoms with Crippen LogP contribution < -0.4 is 0 Å². The number of carbonyl (C=O) groups is 2. The predicted octanol–water partition coefficient (Wildman–Crippen LogP) is 4.04. The molecule has 2 aliphatic heterocycles. The van der Waals surface area contributed by atoms with Crippen molar-refractivity contribution >= 4 is 23.9 Å². The second kappa shape index (κ2) is 7.62. The van der Waals surface area contributed by atoms with E-state index in [2.05, 4.69) is 23.2 Å². The molecule has 3 fully saturated rings. The van der Waals surface area contributed by atoms with Gasteiger partial charge in [-0.1, -0.05) is 42.5 Å². The highest BCUT2D eigenvalue weighted by atomic mass is 16.2. The molecule has 0 N–H and O–H groups in total. The zero-order valence-electron chi connectivity index (χ0n) is 19.8. The number of amidine groups is 1. The van der Waals surface area contributed by atoms with Crippen LogP contribution in [0.3, 0.4) is 0 Å². The monoisotopic (exact) mass is 454 g/mol. The molecule has 34 heavy (non-hydrogen) atoms. The molecule has 6 heteroatoms. The molecule has 2 heterocycles. The van der Waals surface area contributed by atoms with Gasteiger partial charge < -0.3 is 9.80 Å². The SMILES string of the molecule is CC1(C)CN(C(=O)c2cccc(C3CC3)c2)CCN1C(=O)C1=NC2(C=N1)CC2c1ccccc1. The average Bonchev–Trinajstić information content (AvgIpc) is 3.75. The van der Waals surface area contributed by atoms with E-state index in [9.17, 15) is 9.59 Å². The lowest BCUT2D eigenvalue weighted by atomic mass is 9.97. The number of carbonyl (C=O) groups excluding carboxylic acids is 2. The van der Waals surface area contributed by atoms with Gasteiger partial charge in [0, 0.05) is 37.3 Å². The van der Waals surface area contributed by atoms with Crippen LogP contribution >= 0.6 is 0 Å². The molecule has 2 aliphatic carbocycles. The first-order chi connectivity index (χ1) is 16.4. The van der Waals surface area contributed by atoms with E-state index in [0.29, 0.717) is 31.4 Å². The Morgan fingerprint density at radius 1 is 0.941 bits per heavy atom. The minimum Gasteiger partial charge on any atom is -0.335 e. The van der Waals surface area contributed by atoms with Gasteiger partial charge in [-0.05, 0) is 62.3 Å². The first kappa shape index (κ1) is 21.3. The van der Waals surface area contributed by atoms with Gasteiger partial charge in [0.15, 0.2) is 0 Å². The van der Waals surface area contributed by atoms with Gasteiger partial charge in [-0.2, -0.15) is 0 Å².